The van der Waals surface area contributed by atoms with Gasteiger partial charge in [0, 0.05) is 23.2 Å². The first-order valence-electron chi connectivity index (χ1n) is 11.0. The van der Waals surface area contributed by atoms with Crippen molar-refractivity contribution in [3.05, 3.63) is 53.1 Å². The first kappa shape index (κ1) is 21.4. The number of ether oxygens (including phenoxy) is 1. The Morgan fingerprint density at radius 1 is 1.15 bits per heavy atom. The minimum atomic E-state index is -0.453. The third-order valence-corrected chi connectivity index (χ3v) is 6.63. The van der Waals surface area contributed by atoms with E-state index in [1.807, 2.05) is 29.6 Å². The van der Waals surface area contributed by atoms with Crippen LogP contribution in [0.2, 0.25) is 0 Å². The minimum absolute atomic E-state index is 0.453. The van der Waals surface area contributed by atoms with Gasteiger partial charge in [-0.05, 0) is 56.3 Å². The van der Waals surface area contributed by atoms with Crippen LogP contribution in [0.3, 0.4) is 0 Å². The molecule has 1 fully saturated rings. The predicted molar refractivity (Wildman–Crippen MR) is 128 cm³/mol. The second kappa shape index (κ2) is 9.55. The number of nitrogens with one attached hydrogen (secondary N) is 1. The third-order valence-electron chi connectivity index (χ3n) is 5.68. The second-order valence-corrected chi connectivity index (χ2v) is 8.86. The van der Waals surface area contributed by atoms with Gasteiger partial charge in [0.2, 0.25) is 0 Å². The van der Waals surface area contributed by atoms with Crippen molar-refractivity contribution >= 4 is 34.4 Å². The highest BCUT2D eigenvalue weighted by Gasteiger charge is 2.14. The number of amides is 1. The molecule has 9 nitrogen and oxygen atoms in total. The van der Waals surface area contributed by atoms with Crippen LogP contribution in [0.15, 0.2) is 48.2 Å². The lowest BCUT2D eigenvalue weighted by Crippen LogP contribution is -2.33. The fourth-order valence-electron chi connectivity index (χ4n) is 3.95. The molecule has 0 radical (unpaired) electrons. The van der Waals surface area contributed by atoms with Gasteiger partial charge in [0.1, 0.15) is 18.7 Å². The molecule has 1 aliphatic heterocycles. The maximum atomic E-state index is 11.4. The Hall–Kier alpha value is -3.50. The molecule has 0 spiro atoms. The summed E-state index contributed by atoms with van der Waals surface area (Å²) in [6.45, 7) is 4.00. The van der Waals surface area contributed by atoms with Crippen molar-refractivity contribution in [2.24, 2.45) is 5.73 Å². The normalized spacial score (nSPS) is 14.4. The molecule has 33 heavy (non-hydrogen) atoms. The van der Waals surface area contributed by atoms with Crippen LogP contribution < -0.4 is 15.8 Å². The molecule has 3 aromatic heterocycles. The topological polar surface area (TPSA) is 111 Å². The van der Waals surface area contributed by atoms with E-state index in [0.29, 0.717) is 22.9 Å². The van der Waals surface area contributed by atoms with Gasteiger partial charge in [0.15, 0.2) is 11.5 Å². The number of nitrogens with two attached hydrogens (primary N) is 1. The van der Waals surface area contributed by atoms with E-state index >= 15 is 0 Å². The van der Waals surface area contributed by atoms with Gasteiger partial charge in [-0.15, -0.1) is 11.3 Å². The molecule has 0 bridgehead atoms. The number of nitrogens with zero attached hydrogens (tertiary/aromatic N) is 5. The van der Waals surface area contributed by atoms with E-state index in [-0.39, 0.29) is 0 Å². The number of carbonyl (C=O) groups is 1. The van der Waals surface area contributed by atoms with E-state index in [1.165, 1.54) is 50.0 Å². The lowest BCUT2D eigenvalue weighted by atomic mass is 10.1. The van der Waals surface area contributed by atoms with Crippen molar-refractivity contribution in [2.75, 3.05) is 31.6 Å². The summed E-state index contributed by atoms with van der Waals surface area (Å²) in [7, 11) is 0. The van der Waals surface area contributed by atoms with Gasteiger partial charge in [0.05, 0.1) is 16.8 Å². The number of likely N-dealkylation sites (tertiary alicyclic amines) is 1. The molecule has 1 aromatic carbocycles. The van der Waals surface area contributed by atoms with Crippen LogP contribution in [0.25, 0.3) is 16.9 Å². The fraction of sp³-hybridized carbons (Fsp3) is 0.304. The highest BCUT2D eigenvalue weighted by atomic mass is 32.1. The SMILES string of the molecule is NC(=O)c1cc(-c2cnc(Nc3ccc(OCCN4CCCCC4)cc3)c3ncnn23)cs1. The Kier molecular flexibility index (Phi) is 6.18. The largest absolute Gasteiger partial charge is 0.492 e. The lowest BCUT2D eigenvalue weighted by Gasteiger charge is -2.26. The van der Waals surface area contributed by atoms with E-state index in [1.54, 1.807) is 16.8 Å². The molecule has 1 aliphatic rings. The van der Waals surface area contributed by atoms with Crippen LogP contribution in [0.4, 0.5) is 11.5 Å². The number of hydrogen-bond donors (Lipinski definition) is 2. The number of thiophene rings is 1. The van der Waals surface area contributed by atoms with E-state index in [4.69, 9.17) is 10.5 Å². The average molecular weight is 464 g/mol. The summed E-state index contributed by atoms with van der Waals surface area (Å²) in [5.41, 5.74) is 8.38. The second-order valence-electron chi connectivity index (χ2n) is 7.95. The number of anilines is 2. The third kappa shape index (κ3) is 4.81. The molecule has 170 valence electrons. The number of primary amides is 1. The Bertz CT molecular complexity index is 1250. The van der Waals surface area contributed by atoms with E-state index in [0.717, 1.165) is 29.2 Å². The van der Waals surface area contributed by atoms with Crippen LogP contribution in [0, 0.1) is 0 Å². The number of carbonyl (C=O) groups excluding carboxylic acids is 1. The quantitative estimate of drug-likeness (QED) is 0.411. The van der Waals surface area contributed by atoms with Crippen LogP contribution in [0.1, 0.15) is 28.9 Å². The maximum Gasteiger partial charge on any atom is 0.258 e. The Morgan fingerprint density at radius 2 is 1.97 bits per heavy atom. The van der Waals surface area contributed by atoms with Gasteiger partial charge >= 0.3 is 0 Å². The zero-order valence-corrected chi connectivity index (χ0v) is 18.9. The van der Waals surface area contributed by atoms with Gasteiger partial charge in [-0.1, -0.05) is 6.42 Å². The van der Waals surface area contributed by atoms with E-state index in [9.17, 15) is 4.79 Å². The molecule has 5 rings (SSSR count). The first-order chi connectivity index (χ1) is 16.2. The summed E-state index contributed by atoms with van der Waals surface area (Å²) in [4.78, 5) is 23.3. The molecule has 0 aliphatic carbocycles. The predicted octanol–water partition coefficient (Wildman–Crippen LogP) is 3.56. The van der Waals surface area contributed by atoms with Crippen LogP contribution in [0.5, 0.6) is 5.75 Å². The molecule has 0 unspecified atom stereocenters. The highest BCUT2D eigenvalue weighted by molar-refractivity contribution is 7.12. The van der Waals surface area contributed by atoms with Gasteiger partial charge < -0.3 is 15.8 Å². The lowest BCUT2D eigenvalue weighted by molar-refractivity contribution is 0.100. The Balaban J connectivity index is 1.26. The average Bonchev–Trinajstić information content (AvgIpc) is 3.52. The summed E-state index contributed by atoms with van der Waals surface area (Å²) in [5.74, 6) is 0.975. The Morgan fingerprint density at radius 3 is 2.73 bits per heavy atom. The zero-order chi connectivity index (χ0) is 22.6. The van der Waals surface area contributed by atoms with E-state index in [2.05, 4.69) is 25.3 Å². The molecule has 0 saturated carbocycles. The first-order valence-corrected chi connectivity index (χ1v) is 11.8. The standard InChI is InChI=1S/C23H25N7O2S/c24-21(31)20-12-16(14-33-20)19-13-25-22(23-26-15-27-30(19)23)28-17-4-6-18(7-5-17)32-11-10-29-8-2-1-3-9-29/h4-7,12-15H,1-3,8-11H2,(H2,24,31)(H,25,28). The summed E-state index contributed by atoms with van der Waals surface area (Å²) in [5, 5.41) is 9.48. The molecule has 4 heterocycles. The number of benzene rings is 1. The monoisotopic (exact) mass is 463 g/mol. The highest BCUT2D eigenvalue weighted by Crippen LogP contribution is 2.28. The maximum absolute atomic E-state index is 11.4. The molecular formula is C23H25N7O2S. The van der Waals surface area contributed by atoms with Crippen LogP contribution >= 0.6 is 11.3 Å². The van der Waals surface area contributed by atoms with Crippen molar-refractivity contribution in [1.82, 2.24) is 24.5 Å². The minimum Gasteiger partial charge on any atom is -0.492 e. The molecule has 0 atom stereocenters. The van der Waals surface area contributed by atoms with Gasteiger partial charge in [-0.25, -0.2) is 14.5 Å². The van der Waals surface area contributed by atoms with Gasteiger partial charge in [-0.2, -0.15) is 5.10 Å². The van der Waals surface area contributed by atoms with Crippen molar-refractivity contribution in [1.29, 1.82) is 0 Å². The van der Waals surface area contributed by atoms with Crippen molar-refractivity contribution in [3.63, 3.8) is 0 Å². The molecular weight excluding hydrogens is 438 g/mol. The number of aromatic nitrogens is 4. The summed E-state index contributed by atoms with van der Waals surface area (Å²) >= 11 is 1.29. The van der Waals surface area contributed by atoms with Gasteiger partial charge in [0.25, 0.3) is 5.91 Å². The smallest absolute Gasteiger partial charge is 0.258 e. The molecule has 1 amide bonds. The number of hydrogen-bond acceptors (Lipinski definition) is 8. The van der Waals surface area contributed by atoms with E-state index < -0.39 is 5.91 Å². The van der Waals surface area contributed by atoms with Crippen molar-refractivity contribution < 1.29 is 9.53 Å². The van der Waals surface area contributed by atoms with Crippen LogP contribution in [-0.4, -0.2) is 56.6 Å². The zero-order valence-electron chi connectivity index (χ0n) is 18.1. The van der Waals surface area contributed by atoms with Crippen molar-refractivity contribution in [2.45, 2.75) is 19.3 Å². The number of piperidine rings is 1. The molecule has 3 N–H and O–H groups in total. The number of fused-ring (bicyclic) bond motifs is 1. The number of rotatable bonds is 8. The summed E-state index contributed by atoms with van der Waals surface area (Å²) in [6, 6.07) is 9.55. The summed E-state index contributed by atoms with van der Waals surface area (Å²) < 4.78 is 7.61. The molecule has 1 saturated heterocycles. The fourth-order valence-corrected chi connectivity index (χ4v) is 4.70. The molecule has 10 heteroatoms. The summed E-state index contributed by atoms with van der Waals surface area (Å²) in [6.07, 6.45) is 7.10. The Labute approximate surface area is 195 Å². The molecule has 4 aromatic rings. The van der Waals surface area contributed by atoms with Gasteiger partial charge in [-0.3, -0.25) is 9.69 Å². The van der Waals surface area contributed by atoms with Crippen molar-refractivity contribution in [3.8, 4) is 17.0 Å². The van der Waals surface area contributed by atoms with Crippen LogP contribution in [-0.2, 0) is 0 Å².